The summed E-state index contributed by atoms with van der Waals surface area (Å²) >= 11 is 3.53. The van der Waals surface area contributed by atoms with Gasteiger partial charge in [0, 0.05) is 28.1 Å². The van der Waals surface area contributed by atoms with E-state index in [9.17, 15) is 28.8 Å². The van der Waals surface area contributed by atoms with Gasteiger partial charge in [0.05, 0.1) is 6.61 Å². The lowest BCUT2D eigenvalue weighted by molar-refractivity contribution is -0.157. The standard InChI is InChI=1S/C17H24N2O5.C15H20N2O5.CH4S/c1-11(20)19-14(16(18)22)9-12-6-5-7-13(8-12)23-10-15(21)24-17(2,3)4;1-3-21-14(19)9-22-12-6-4-5-11(7-12)8-13(15(16)20)17-10(2)18;1-2/h5-8,14H,9-10H2,1-4H3,(H2,18,22)(H,19,20);4-7,13H,3,8-9H2,1-2H3,(H2,16,20)(H,17,18);2H,1H3/t14-;13-;/m00./s1/i;1T;. The number of carbonyl (C=O) groups is 6. The highest BCUT2D eigenvalue weighted by atomic mass is 32.1. The predicted octanol–water partition coefficient (Wildman–Crippen LogP) is 1.65. The molecule has 0 saturated heterocycles. The third-order valence-corrected chi connectivity index (χ3v) is 5.51. The van der Waals surface area contributed by atoms with Gasteiger partial charge in [0.2, 0.25) is 23.6 Å². The molecule has 0 aliphatic rings. The molecule has 0 bridgehead atoms. The molecule has 0 aromatic heterocycles. The molecule has 2 aromatic carbocycles. The second-order valence-electron chi connectivity index (χ2n) is 10.9. The normalized spacial score (nSPS) is 11.7. The fraction of sp³-hybridized carbons (Fsp3) is 0.455. The number of hydrogen-bond acceptors (Lipinski definition) is 11. The van der Waals surface area contributed by atoms with Crippen LogP contribution >= 0.6 is 12.6 Å². The SMILES string of the molecule is CC(=O)N[C@@H](Cc1cccc(OCC(=O)OC(C)(C)C)c1)C(N)=O.CS.[3H]CCOC(=O)COc1cccc(C[C@H](NC(C)=O)C(N)=O)c1. The second-order valence-corrected chi connectivity index (χ2v) is 10.9. The van der Waals surface area contributed by atoms with E-state index >= 15 is 0 Å². The van der Waals surface area contributed by atoms with Crippen LogP contribution in [-0.4, -0.2) is 79.3 Å². The van der Waals surface area contributed by atoms with Crippen molar-refractivity contribution in [3.63, 3.8) is 0 Å². The third kappa shape index (κ3) is 20.4. The zero-order valence-electron chi connectivity index (χ0n) is 29.2. The zero-order chi connectivity index (χ0) is 37.6. The van der Waals surface area contributed by atoms with Crippen molar-refractivity contribution in [1.29, 1.82) is 0 Å². The van der Waals surface area contributed by atoms with Crippen molar-refractivity contribution < 1.29 is 49.1 Å². The lowest BCUT2D eigenvalue weighted by Crippen LogP contribution is -2.44. The van der Waals surface area contributed by atoms with Gasteiger partial charge in [-0.05, 0) is 69.3 Å². The van der Waals surface area contributed by atoms with E-state index in [-0.39, 0.29) is 51.4 Å². The Morgan fingerprint density at radius 2 is 1.19 bits per heavy atom. The Hall–Kier alpha value is -4.79. The van der Waals surface area contributed by atoms with Gasteiger partial charge in [0.25, 0.3) is 0 Å². The average Bonchev–Trinajstić information content (AvgIpc) is 3.01. The summed E-state index contributed by atoms with van der Waals surface area (Å²) in [6.45, 7) is 7.49. The highest BCUT2D eigenvalue weighted by Gasteiger charge is 2.19. The van der Waals surface area contributed by atoms with Crippen LogP contribution in [0, 0.1) is 0 Å². The van der Waals surface area contributed by atoms with Crippen LogP contribution in [0.3, 0.4) is 0 Å². The number of hydrogen-bond donors (Lipinski definition) is 5. The minimum Gasteiger partial charge on any atom is -0.482 e. The molecular weight excluding hydrogens is 644 g/mol. The van der Waals surface area contributed by atoms with Crippen LogP contribution in [0.2, 0.25) is 0 Å². The van der Waals surface area contributed by atoms with Crippen molar-refractivity contribution in [3.05, 3.63) is 59.7 Å². The van der Waals surface area contributed by atoms with Crippen LogP contribution in [0.5, 0.6) is 11.5 Å². The van der Waals surface area contributed by atoms with Gasteiger partial charge in [-0.3, -0.25) is 19.2 Å². The van der Waals surface area contributed by atoms with Crippen molar-refractivity contribution in [2.75, 3.05) is 26.1 Å². The maximum absolute atomic E-state index is 11.6. The van der Waals surface area contributed by atoms with Crippen molar-refractivity contribution in [3.8, 4) is 11.5 Å². The fourth-order valence-corrected chi connectivity index (χ4v) is 3.74. The summed E-state index contributed by atoms with van der Waals surface area (Å²) in [5.41, 5.74) is 11.4. The first-order valence-corrected chi connectivity index (χ1v) is 15.6. The van der Waals surface area contributed by atoms with E-state index in [4.69, 9.17) is 31.8 Å². The van der Waals surface area contributed by atoms with E-state index in [2.05, 4.69) is 23.3 Å². The smallest absolute Gasteiger partial charge is 0.344 e. The molecule has 266 valence electrons. The molecule has 0 radical (unpaired) electrons. The summed E-state index contributed by atoms with van der Waals surface area (Å²) in [5, 5.41) is 4.97. The summed E-state index contributed by atoms with van der Waals surface area (Å²) < 4.78 is 27.5. The van der Waals surface area contributed by atoms with Crippen molar-refractivity contribution in [2.45, 2.75) is 72.0 Å². The molecule has 2 atom stereocenters. The van der Waals surface area contributed by atoms with E-state index < -0.39 is 41.4 Å². The van der Waals surface area contributed by atoms with Crippen LogP contribution in [0.4, 0.5) is 0 Å². The number of esters is 2. The molecule has 0 saturated carbocycles. The van der Waals surface area contributed by atoms with Gasteiger partial charge >= 0.3 is 11.9 Å². The monoisotopic (exact) mass is 694 g/mol. The second kappa shape index (κ2) is 22.7. The zero-order valence-corrected chi connectivity index (χ0v) is 29.1. The maximum Gasteiger partial charge on any atom is 0.344 e. The van der Waals surface area contributed by atoms with Gasteiger partial charge in [0.15, 0.2) is 13.2 Å². The molecule has 0 aliphatic heterocycles. The Balaban J connectivity index is 0.000000896. The molecule has 0 aliphatic carbocycles. The largest absolute Gasteiger partial charge is 0.482 e. The Morgan fingerprint density at radius 3 is 1.54 bits per heavy atom. The molecule has 48 heavy (non-hydrogen) atoms. The van der Waals surface area contributed by atoms with Crippen LogP contribution < -0.4 is 31.6 Å². The van der Waals surface area contributed by atoms with Crippen molar-refractivity contribution in [2.24, 2.45) is 11.5 Å². The van der Waals surface area contributed by atoms with Gasteiger partial charge in [-0.2, -0.15) is 12.6 Å². The number of ether oxygens (including phenoxy) is 4. The molecule has 2 aromatic rings. The van der Waals surface area contributed by atoms with E-state index in [0.717, 1.165) is 11.1 Å². The Morgan fingerprint density at radius 1 is 0.771 bits per heavy atom. The number of amides is 4. The molecule has 0 fully saturated rings. The minimum atomic E-state index is -0.815. The molecule has 15 heteroatoms. The quantitative estimate of drug-likeness (QED) is 0.134. The first-order chi connectivity index (χ1) is 23.0. The van der Waals surface area contributed by atoms with Crippen LogP contribution in [-0.2, 0) is 51.1 Å². The Labute approximate surface area is 288 Å². The van der Waals surface area contributed by atoms with E-state index in [1.807, 2.05) is 0 Å². The van der Waals surface area contributed by atoms with Gasteiger partial charge in [0.1, 0.15) is 29.2 Å². The molecule has 4 amide bonds. The van der Waals surface area contributed by atoms with E-state index in [1.165, 1.54) is 13.8 Å². The molecule has 2 rings (SSSR count). The van der Waals surface area contributed by atoms with Crippen molar-refractivity contribution >= 4 is 48.2 Å². The highest BCUT2D eigenvalue weighted by Crippen LogP contribution is 2.16. The number of primary amides is 2. The van der Waals surface area contributed by atoms with Gasteiger partial charge in [-0.1, -0.05) is 24.3 Å². The molecule has 0 unspecified atom stereocenters. The first-order valence-electron chi connectivity index (χ1n) is 15.4. The number of benzene rings is 2. The summed E-state index contributed by atoms with van der Waals surface area (Å²) in [7, 11) is 0. The molecular formula is C33H48N4O10S. The number of nitrogens with two attached hydrogens (primary N) is 2. The Bertz CT molecular complexity index is 1390. The Kier molecular flexibility index (Phi) is 19.5. The summed E-state index contributed by atoms with van der Waals surface area (Å²) in [6, 6.07) is 12.0. The van der Waals surface area contributed by atoms with Crippen LogP contribution in [0.15, 0.2) is 48.5 Å². The fourth-order valence-electron chi connectivity index (χ4n) is 3.74. The van der Waals surface area contributed by atoms with E-state index in [1.54, 1.807) is 75.6 Å². The lowest BCUT2D eigenvalue weighted by Gasteiger charge is -2.19. The predicted molar refractivity (Wildman–Crippen MR) is 182 cm³/mol. The highest BCUT2D eigenvalue weighted by molar-refractivity contribution is 7.79. The third-order valence-electron chi connectivity index (χ3n) is 5.51. The summed E-state index contributed by atoms with van der Waals surface area (Å²) in [4.78, 5) is 67.9. The topological polar surface area (TPSA) is 215 Å². The average molecular weight is 695 g/mol. The van der Waals surface area contributed by atoms with Gasteiger partial charge < -0.3 is 41.0 Å². The summed E-state index contributed by atoms with van der Waals surface area (Å²) in [5.74, 6) is -2.08. The van der Waals surface area contributed by atoms with Crippen molar-refractivity contribution in [1.82, 2.24) is 10.6 Å². The number of nitrogens with one attached hydrogen (secondary N) is 2. The molecule has 0 heterocycles. The molecule has 0 spiro atoms. The summed E-state index contributed by atoms with van der Waals surface area (Å²) in [6.07, 6.45) is 2.15. The van der Waals surface area contributed by atoms with Gasteiger partial charge in [-0.15, -0.1) is 0 Å². The maximum atomic E-state index is 11.6. The first kappa shape index (κ1) is 41.2. The number of rotatable bonds is 15. The van der Waals surface area contributed by atoms with E-state index in [0.29, 0.717) is 11.5 Å². The molecule has 6 N–H and O–H groups in total. The molecule has 14 nitrogen and oxygen atoms in total. The van der Waals surface area contributed by atoms with Gasteiger partial charge in [-0.25, -0.2) is 9.59 Å². The minimum absolute atomic E-state index is 0.00111. The lowest BCUT2D eigenvalue weighted by atomic mass is 10.1. The van der Waals surface area contributed by atoms with Crippen LogP contribution in [0.25, 0.3) is 0 Å². The van der Waals surface area contributed by atoms with Crippen LogP contribution in [0.1, 0.15) is 54.0 Å². The number of thiol groups is 1. The number of carbonyl (C=O) groups excluding carboxylic acids is 6.